The maximum absolute atomic E-state index is 12.3. The van der Waals surface area contributed by atoms with Gasteiger partial charge in [-0.15, -0.1) is 0 Å². The first kappa shape index (κ1) is 26.2. The number of rotatable bonds is 17. The third-order valence-corrected chi connectivity index (χ3v) is 5.26. The third kappa shape index (κ3) is 11.3. The summed E-state index contributed by atoms with van der Waals surface area (Å²) in [5.74, 6) is -0.881. The van der Waals surface area contributed by atoms with Crippen molar-refractivity contribution in [2.24, 2.45) is 5.73 Å². The Morgan fingerprint density at radius 2 is 1.37 bits per heavy atom. The van der Waals surface area contributed by atoms with Crippen LogP contribution in [-0.2, 0) is 19.1 Å². The number of ether oxygens (including phenoxy) is 2. The first-order valence-corrected chi connectivity index (χ1v) is 11.8. The van der Waals surface area contributed by atoms with E-state index in [0.717, 1.165) is 19.3 Å². The zero-order valence-corrected chi connectivity index (χ0v) is 18.9. The van der Waals surface area contributed by atoms with Crippen molar-refractivity contribution in [2.45, 2.75) is 103 Å². The average molecular weight is 420 g/mol. The van der Waals surface area contributed by atoms with E-state index in [1.807, 2.05) is 18.2 Å². The highest BCUT2D eigenvalue weighted by Crippen LogP contribution is 2.22. The quantitative estimate of drug-likeness (QED) is 0.253. The van der Waals surface area contributed by atoms with E-state index < -0.39 is 18.1 Å². The summed E-state index contributed by atoms with van der Waals surface area (Å²) in [4.78, 5) is 24.4. The number of carbonyl (C=O) groups excluding carboxylic acids is 2. The van der Waals surface area contributed by atoms with Crippen molar-refractivity contribution in [1.82, 2.24) is 0 Å². The predicted molar refractivity (Wildman–Crippen MR) is 121 cm³/mol. The summed E-state index contributed by atoms with van der Waals surface area (Å²) < 4.78 is 10.6. The minimum atomic E-state index is -1.03. The van der Waals surface area contributed by atoms with Gasteiger partial charge in [-0.25, -0.2) is 0 Å². The van der Waals surface area contributed by atoms with Crippen molar-refractivity contribution in [3.63, 3.8) is 0 Å². The van der Waals surface area contributed by atoms with E-state index in [1.54, 1.807) is 19.1 Å². The topological polar surface area (TPSA) is 78.6 Å². The number of esters is 2. The molecule has 1 rings (SSSR count). The molecule has 0 aromatic heterocycles. The number of nitrogens with two attached hydrogens (primary N) is 1. The molecule has 0 radical (unpaired) electrons. The van der Waals surface area contributed by atoms with E-state index in [9.17, 15) is 9.59 Å². The van der Waals surface area contributed by atoms with Gasteiger partial charge in [0.05, 0.1) is 6.61 Å². The number of carbonyl (C=O) groups is 2. The second-order valence-corrected chi connectivity index (χ2v) is 7.88. The Labute approximate surface area is 182 Å². The van der Waals surface area contributed by atoms with Crippen molar-refractivity contribution in [2.75, 3.05) is 6.61 Å². The lowest BCUT2D eigenvalue weighted by molar-refractivity contribution is -0.157. The predicted octanol–water partition coefficient (Wildman–Crippen LogP) is 5.86. The van der Waals surface area contributed by atoms with Gasteiger partial charge in [-0.2, -0.15) is 0 Å². The Bertz CT molecular complexity index is 576. The molecule has 1 aromatic rings. The van der Waals surface area contributed by atoms with Crippen LogP contribution in [0.15, 0.2) is 30.3 Å². The second-order valence-electron chi connectivity index (χ2n) is 7.88. The summed E-state index contributed by atoms with van der Waals surface area (Å²) in [5, 5.41) is 0. The van der Waals surface area contributed by atoms with Gasteiger partial charge in [0.25, 0.3) is 0 Å². The molecule has 0 amide bonds. The summed E-state index contributed by atoms with van der Waals surface area (Å²) in [6.45, 7) is 4.20. The Kier molecular flexibility index (Phi) is 14.7. The summed E-state index contributed by atoms with van der Waals surface area (Å²) in [6, 6.07) is 8.10. The summed E-state index contributed by atoms with van der Waals surface area (Å²) >= 11 is 0. The van der Waals surface area contributed by atoms with Gasteiger partial charge in [0.1, 0.15) is 6.04 Å². The lowest BCUT2D eigenvalue weighted by Crippen LogP contribution is -2.40. The van der Waals surface area contributed by atoms with Crippen LogP contribution in [0.4, 0.5) is 0 Å². The fourth-order valence-electron chi connectivity index (χ4n) is 3.49. The molecule has 0 aliphatic rings. The lowest BCUT2D eigenvalue weighted by atomic mass is 10.0. The van der Waals surface area contributed by atoms with Gasteiger partial charge < -0.3 is 15.2 Å². The maximum Gasteiger partial charge on any atom is 0.327 e. The molecule has 0 aliphatic carbocycles. The molecule has 2 N–H and O–H groups in total. The van der Waals surface area contributed by atoms with E-state index in [-0.39, 0.29) is 12.6 Å². The van der Waals surface area contributed by atoms with Crippen LogP contribution in [0, 0.1) is 0 Å². The van der Waals surface area contributed by atoms with Gasteiger partial charge in [0.2, 0.25) is 0 Å². The molecule has 5 nitrogen and oxygen atoms in total. The normalized spacial score (nSPS) is 12.9. The molecule has 5 heteroatoms. The van der Waals surface area contributed by atoms with Gasteiger partial charge in [-0.1, -0.05) is 101 Å². The number of hydrogen-bond acceptors (Lipinski definition) is 5. The Morgan fingerprint density at radius 3 is 1.90 bits per heavy atom. The molecule has 0 spiro atoms. The van der Waals surface area contributed by atoms with Gasteiger partial charge in [-0.3, -0.25) is 9.59 Å². The molecule has 1 aromatic carbocycles. The molecular formula is C25H41NO4. The number of unbranched alkanes of at least 4 members (excludes halogenated alkanes) is 10. The minimum absolute atomic E-state index is 0.237. The molecule has 0 bridgehead atoms. The van der Waals surface area contributed by atoms with Crippen LogP contribution in [0.5, 0.6) is 0 Å². The SMILES string of the molecule is CCCCCCCCCCCCCC(=O)O[C@@H](c1ccccc1)[C@@H](N)C(=O)OCC. The highest BCUT2D eigenvalue weighted by Gasteiger charge is 2.30. The molecule has 170 valence electrons. The molecule has 0 heterocycles. The fraction of sp³-hybridized carbons (Fsp3) is 0.680. The summed E-state index contributed by atoms with van der Waals surface area (Å²) in [7, 11) is 0. The molecule has 0 fully saturated rings. The highest BCUT2D eigenvalue weighted by molar-refractivity contribution is 5.77. The molecule has 0 unspecified atom stereocenters. The van der Waals surface area contributed by atoms with E-state index in [1.165, 1.54) is 51.4 Å². The molecule has 2 atom stereocenters. The smallest absolute Gasteiger partial charge is 0.327 e. The number of benzene rings is 1. The Hall–Kier alpha value is -1.88. The highest BCUT2D eigenvalue weighted by atomic mass is 16.6. The van der Waals surface area contributed by atoms with E-state index in [2.05, 4.69) is 6.92 Å². The van der Waals surface area contributed by atoms with Crippen LogP contribution < -0.4 is 5.73 Å². The molecule has 30 heavy (non-hydrogen) atoms. The largest absolute Gasteiger partial charge is 0.465 e. The number of hydrogen-bond donors (Lipinski definition) is 1. The van der Waals surface area contributed by atoms with Crippen molar-refractivity contribution >= 4 is 11.9 Å². The molecule has 0 aliphatic heterocycles. The Balaban J connectivity index is 2.29. The van der Waals surface area contributed by atoms with Crippen LogP contribution in [0.1, 0.15) is 103 Å². The summed E-state index contributed by atoms with van der Waals surface area (Å²) in [6.07, 6.45) is 13.0. The second kappa shape index (κ2) is 16.9. The zero-order chi connectivity index (χ0) is 22.0. The van der Waals surface area contributed by atoms with Crippen LogP contribution in [0.2, 0.25) is 0 Å². The van der Waals surface area contributed by atoms with Gasteiger partial charge in [0, 0.05) is 6.42 Å². The lowest BCUT2D eigenvalue weighted by Gasteiger charge is -2.23. The molecule has 0 saturated heterocycles. The third-order valence-electron chi connectivity index (χ3n) is 5.26. The van der Waals surface area contributed by atoms with E-state index >= 15 is 0 Å². The maximum atomic E-state index is 12.3. The average Bonchev–Trinajstić information content (AvgIpc) is 2.76. The minimum Gasteiger partial charge on any atom is -0.465 e. The summed E-state index contributed by atoms with van der Waals surface area (Å²) in [5.41, 5.74) is 6.74. The van der Waals surface area contributed by atoms with E-state index in [4.69, 9.17) is 15.2 Å². The van der Waals surface area contributed by atoms with Crippen molar-refractivity contribution in [3.05, 3.63) is 35.9 Å². The van der Waals surface area contributed by atoms with Crippen molar-refractivity contribution in [1.29, 1.82) is 0 Å². The van der Waals surface area contributed by atoms with Crippen LogP contribution in [0.3, 0.4) is 0 Å². The van der Waals surface area contributed by atoms with Crippen molar-refractivity contribution < 1.29 is 19.1 Å². The Morgan fingerprint density at radius 1 is 0.833 bits per heavy atom. The van der Waals surface area contributed by atoms with E-state index in [0.29, 0.717) is 12.0 Å². The molecule has 0 saturated carbocycles. The van der Waals surface area contributed by atoms with Gasteiger partial charge in [0.15, 0.2) is 6.10 Å². The first-order valence-electron chi connectivity index (χ1n) is 11.8. The van der Waals surface area contributed by atoms with Gasteiger partial charge >= 0.3 is 11.9 Å². The first-order chi connectivity index (χ1) is 14.6. The monoisotopic (exact) mass is 419 g/mol. The fourth-order valence-corrected chi connectivity index (χ4v) is 3.49. The van der Waals surface area contributed by atoms with Gasteiger partial charge in [-0.05, 0) is 18.9 Å². The molecular weight excluding hydrogens is 378 g/mol. The standard InChI is InChI=1S/C25H41NO4/c1-3-5-6-7-8-9-10-11-12-13-17-20-22(27)30-24(21-18-15-14-16-19-21)23(26)25(28)29-4-2/h14-16,18-19,23-24H,3-13,17,20,26H2,1-2H3/t23-,24+/m1/s1. The van der Waals surface area contributed by atoms with Crippen LogP contribution in [-0.4, -0.2) is 24.6 Å². The zero-order valence-electron chi connectivity index (χ0n) is 18.9. The van der Waals surface area contributed by atoms with Crippen molar-refractivity contribution in [3.8, 4) is 0 Å². The van der Waals surface area contributed by atoms with Crippen LogP contribution >= 0.6 is 0 Å². The van der Waals surface area contributed by atoms with Crippen LogP contribution in [0.25, 0.3) is 0 Å².